The van der Waals surface area contributed by atoms with Gasteiger partial charge in [-0.25, -0.2) is 0 Å². The molecule has 100 valence electrons. The predicted octanol–water partition coefficient (Wildman–Crippen LogP) is 2.22. The minimum atomic E-state index is -0.820. The van der Waals surface area contributed by atoms with Crippen molar-refractivity contribution < 1.29 is 14.6 Å². The van der Waals surface area contributed by atoms with Crippen LogP contribution in [-0.2, 0) is 4.79 Å². The smallest absolute Gasteiger partial charge is 0.320 e. The standard InChI is InChI=1S/C14H21NO3/c1-4-13(14(16)17)15-11(3)9-18-12-7-5-10(2)6-8-12/h5-8,11,13,15H,4,9H2,1-3H3,(H,16,17). The van der Waals surface area contributed by atoms with Crippen LogP contribution in [0.5, 0.6) is 5.75 Å². The quantitative estimate of drug-likeness (QED) is 0.780. The first-order valence-corrected chi connectivity index (χ1v) is 6.21. The number of hydrogen-bond acceptors (Lipinski definition) is 3. The molecule has 18 heavy (non-hydrogen) atoms. The lowest BCUT2D eigenvalue weighted by Crippen LogP contribution is -2.44. The van der Waals surface area contributed by atoms with Crippen LogP contribution in [0.2, 0.25) is 0 Å². The summed E-state index contributed by atoms with van der Waals surface area (Å²) in [7, 11) is 0. The van der Waals surface area contributed by atoms with Crippen molar-refractivity contribution in [2.75, 3.05) is 6.61 Å². The van der Waals surface area contributed by atoms with E-state index in [9.17, 15) is 4.79 Å². The predicted molar refractivity (Wildman–Crippen MR) is 71.0 cm³/mol. The lowest BCUT2D eigenvalue weighted by Gasteiger charge is -2.19. The minimum Gasteiger partial charge on any atom is -0.492 e. The zero-order valence-electron chi connectivity index (χ0n) is 11.1. The van der Waals surface area contributed by atoms with Crippen LogP contribution in [0.15, 0.2) is 24.3 Å². The summed E-state index contributed by atoms with van der Waals surface area (Å²) in [5.41, 5.74) is 1.19. The molecule has 2 unspecified atom stereocenters. The maximum absolute atomic E-state index is 10.9. The van der Waals surface area contributed by atoms with E-state index in [1.807, 2.05) is 45.0 Å². The molecule has 4 heteroatoms. The number of carboxylic acids is 1. The van der Waals surface area contributed by atoms with Crippen molar-refractivity contribution in [1.29, 1.82) is 0 Å². The Morgan fingerprint density at radius 3 is 2.50 bits per heavy atom. The summed E-state index contributed by atoms with van der Waals surface area (Å²) in [6.07, 6.45) is 0.560. The second kappa shape index (κ2) is 7.01. The lowest BCUT2D eigenvalue weighted by molar-refractivity contribution is -0.139. The summed E-state index contributed by atoms with van der Waals surface area (Å²) in [5, 5.41) is 12.0. The van der Waals surface area contributed by atoms with Crippen LogP contribution >= 0.6 is 0 Å². The Labute approximate surface area is 108 Å². The number of benzene rings is 1. The van der Waals surface area contributed by atoms with E-state index < -0.39 is 12.0 Å². The van der Waals surface area contributed by atoms with Crippen molar-refractivity contribution in [3.63, 3.8) is 0 Å². The van der Waals surface area contributed by atoms with E-state index in [1.54, 1.807) is 0 Å². The molecule has 0 fully saturated rings. The molecule has 2 N–H and O–H groups in total. The SMILES string of the molecule is CCC(NC(C)COc1ccc(C)cc1)C(=O)O. The van der Waals surface area contributed by atoms with Gasteiger partial charge in [-0.15, -0.1) is 0 Å². The molecule has 4 nitrogen and oxygen atoms in total. The average molecular weight is 251 g/mol. The maximum atomic E-state index is 10.9. The van der Waals surface area contributed by atoms with Gasteiger partial charge in [-0.05, 0) is 32.4 Å². The molecule has 0 bridgehead atoms. The normalized spacial score (nSPS) is 13.9. The van der Waals surface area contributed by atoms with Gasteiger partial charge in [0.2, 0.25) is 0 Å². The Kier molecular flexibility index (Phi) is 5.65. The highest BCUT2D eigenvalue weighted by molar-refractivity contribution is 5.73. The van der Waals surface area contributed by atoms with Gasteiger partial charge < -0.3 is 9.84 Å². The second-order valence-corrected chi connectivity index (χ2v) is 4.49. The van der Waals surface area contributed by atoms with E-state index in [-0.39, 0.29) is 6.04 Å². The molecule has 0 aliphatic carbocycles. The molecule has 0 radical (unpaired) electrons. The molecule has 0 saturated carbocycles. The number of aliphatic carboxylic acids is 1. The maximum Gasteiger partial charge on any atom is 0.320 e. The number of rotatable bonds is 7. The van der Waals surface area contributed by atoms with E-state index in [0.717, 1.165) is 5.75 Å². The largest absolute Gasteiger partial charge is 0.492 e. The Balaban J connectivity index is 2.38. The van der Waals surface area contributed by atoms with Gasteiger partial charge in [-0.3, -0.25) is 10.1 Å². The van der Waals surface area contributed by atoms with E-state index >= 15 is 0 Å². The van der Waals surface area contributed by atoms with Gasteiger partial charge in [-0.2, -0.15) is 0 Å². The molecule has 1 rings (SSSR count). The molecule has 0 heterocycles. The fourth-order valence-corrected chi connectivity index (χ4v) is 1.61. The third kappa shape index (κ3) is 4.75. The molecule has 0 saturated heterocycles. The molecule has 1 aromatic rings. The van der Waals surface area contributed by atoms with Crippen LogP contribution in [0, 0.1) is 6.92 Å². The average Bonchev–Trinajstić information content (AvgIpc) is 2.35. The van der Waals surface area contributed by atoms with Gasteiger partial charge in [-0.1, -0.05) is 24.6 Å². The van der Waals surface area contributed by atoms with Crippen molar-refractivity contribution in [1.82, 2.24) is 5.32 Å². The van der Waals surface area contributed by atoms with Crippen LogP contribution in [-0.4, -0.2) is 29.8 Å². The number of carbonyl (C=O) groups is 1. The Bertz CT molecular complexity index is 375. The molecule has 0 aliphatic heterocycles. The highest BCUT2D eigenvalue weighted by atomic mass is 16.5. The Hall–Kier alpha value is -1.55. The van der Waals surface area contributed by atoms with E-state index in [4.69, 9.17) is 9.84 Å². The number of hydrogen-bond donors (Lipinski definition) is 2. The molecule has 1 aromatic carbocycles. The van der Waals surface area contributed by atoms with E-state index in [1.165, 1.54) is 5.56 Å². The zero-order chi connectivity index (χ0) is 13.5. The van der Waals surface area contributed by atoms with Crippen LogP contribution in [0.1, 0.15) is 25.8 Å². The molecular weight excluding hydrogens is 230 g/mol. The highest BCUT2D eigenvalue weighted by Gasteiger charge is 2.17. The molecular formula is C14H21NO3. The summed E-state index contributed by atoms with van der Waals surface area (Å²) in [6, 6.07) is 7.28. The molecule has 0 amide bonds. The van der Waals surface area contributed by atoms with Crippen molar-refractivity contribution in [3.05, 3.63) is 29.8 Å². The monoisotopic (exact) mass is 251 g/mol. The fourth-order valence-electron chi connectivity index (χ4n) is 1.61. The summed E-state index contributed by atoms with van der Waals surface area (Å²) >= 11 is 0. The van der Waals surface area contributed by atoms with Crippen LogP contribution < -0.4 is 10.1 Å². The topological polar surface area (TPSA) is 58.6 Å². The first-order valence-electron chi connectivity index (χ1n) is 6.21. The summed E-state index contributed by atoms with van der Waals surface area (Å²) in [5.74, 6) is -0.0164. The fraction of sp³-hybridized carbons (Fsp3) is 0.500. The van der Waals surface area contributed by atoms with Crippen molar-refractivity contribution in [2.45, 2.75) is 39.3 Å². The van der Waals surface area contributed by atoms with Crippen molar-refractivity contribution in [3.8, 4) is 5.75 Å². The van der Waals surface area contributed by atoms with Crippen LogP contribution in [0.25, 0.3) is 0 Å². The Morgan fingerprint density at radius 1 is 1.39 bits per heavy atom. The first kappa shape index (κ1) is 14.5. The van der Waals surface area contributed by atoms with Gasteiger partial charge in [0.25, 0.3) is 0 Å². The number of ether oxygens (including phenoxy) is 1. The van der Waals surface area contributed by atoms with Gasteiger partial charge in [0, 0.05) is 6.04 Å². The summed E-state index contributed by atoms with van der Waals surface area (Å²) < 4.78 is 5.59. The third-order valence-electron chi connectivity index (χ3n) is 2.71. The van der Waals surface area contributed by atoms with Crippen LogP contribution in [0.4, 0.5) is 0 Å². The zero-order valence-corrected chi connectivity index (χ0v) is 11.1. The highest BCUT2D eigenvalue weighted by Crippen LogP contribution is 2.11. The first-order chi connectivity index (χ1) is 8.52. The van der Waals surface area contributed by atoms with Crippen molar-refractivity contribution in [2.24, 2.45) is 0 Å². The molecule has 0 aromatic heterocycles. The third-order valence-corrected chi connectivity index (χ3v) is 2.71. The van der Waals surface area contributed by atoms with Crippen LogP contribution in [0.3, 0.4) is 0 Å². The number of carboxylic acid groups (broad SMARTS) is 1. The van der Waals surface area contributed by atoms with E-state index in [2.05, 4.69) is 5.32 Å². The van der Waals surface area contributed by atoms with E-state index in [0.29, 0.717) is 13.0 Å². The van der Waals surface area contributed by atoms with Gasteiger partial charge in [0.05, 0.1) is 0 Å². The van der Waals surface area contributed by atoms with Crippen molar-refractivity contribution >= 4 is 5.97 Å². The van der Waals surface area contributed by atoms with Gasteiger partial charge in [0.1, 0.15) is 18.4 Å². The van der Waals surface area contributed by atoms with Gasteiger partial charge >= 0.3 is 5.97 Å². The number of aryl methyl sites for hydroxylation is 1. The second-order valence-electron chi connectivity index (χ2n) is 4.49. The van der Waals surface area contributed by atoms with Gasteiger partial charge in [0.15, 0.2) is 0 Å². The number of nitrogens with one attached hydrogen (secondary N) is 1. The summed E-state index contributed by atoms with van der Waals surface area (Å²) in [6.45, 7) is 6.23. The minimum absolute atomic E-state index is 0.00708. The lowest BCUT2D eigenvalue weighted by atomic mass is 10.2. The molecule has 0 aliphatic rings. The summed E-state index contributed by atoms with van der Waals surface area (Å²) in [4.78, 5) is 10.9. The Morgan fingerprint density at radius 2 is 2.00 bits per heavy atom. The molecule has 2 atom stereocenters. The molecule has 0 spiro atoms.